The molecule has 0 aliphatic carbocycles. The molecule has 0 saturated heterocycles. The Morgan fingerprint density at radius 1 is 1.07 bits per heavy atom. The van der Waals surface area contributed by atoms with E-state index in [1.54, 1.807) is 31.4 Å². The van der Waals surface area contributed by atoms with E-state index in [4.69, 9.17) is 14.2 Å². The minimum atomic E-state index is -0.582. The lowest BCUT2D eigenvalue weighted by Gasteiger charge is -2.20. The first-order valence-corrected chi connectivity index (χ1v) is 9.93. The Hall–Kier alpha value is -3.71. The summed E-state index contributed by atoms with van der Waals surface area (Å²) in [5, 5.41) is 1.95. The summed E-state index contributed by atoms with van der Waals surface area (Å²) in [5.74, 6) is 0.992. The van der Waals surface area contributed by atoms with Gasteiger partial charge in [0.25, 0.3) is 0 Å². The molecule has 7 heteroatoms. The first-order valence-electron chi connectivity index (χ1n) is 9.05. The van der Waals surface area contributed by atoms with Gasteiger partial charge < -0.3 is 14.2 Å². The average Bonchev–Trinajstić information content (AvgIpc) is 3.43. The minimum absolute atomic E-state index is 0.129. The maximum Gasteiger partial charge on any atom is 0.364 e. The standard InChI is InChI=1S/C23H14FNO4S/c1-27-15-8-9-18-16(11-15)17(12-19(28-18)20-3-2-10-30-20)21-23(26)29-22(25-21)13-4-6-14(24)7-5-13/h2-12H,1H3/b21-17-. The van der Waals surface area contributed by atoms with E-state index in [9.17, 15) is 9.18 Å². The average molecular weight is 419 g/mol. The summed E-state index contributed by atoms with van der Waals surface area (Å²) in [6, 6.07) is 14.9. The maximum absolute atomic E-state index is 13.2. The number of nitrogens with zero attached hydrogens (tertiary/aromatic N) is 1. The van der Waals surface area contributed by atoms with Gasteiger partial charge >= 0.3 is 5.97 Å². The van der Waals surface area contributed by atoms with Gasteiger partial charge in [-0.2, -0.15) is 0 Å². The number of ether oxygens (including phenoxy) is 3. The molecule has 0 amide bonds. The van der Waals surface area contributed by atoms with Gasteiger partial charge in [-0.3, -0.25) is 0 Å². The van der Waals surface area contributed by atoms with Gasteiger partial charge in [0, 0.05) is 16.7 Å². The van der Waals surface area contributed by atoms with Crippen LogP contribution in [0.15, 0.2) is 76.7 Å². The highest BCUT2D eigenvalue weighted by Gasteiger charge is 2.31. The number of hydrogen-bond donors (Lipinski definition) is 0. The summed E-state index contributed by atoms with van der Waals surface area (Å²) in [6.07, 6.45) is 1.78. The molecule has 0 radical (unpaired) electrons. The lowest BCUT2D eigenvalue weighted by Crippen LogP contribution is -2.08. The zero-order valence-electron chi connectivity index (χ0n) is 15.7. The van der Waals surface area contributed by atoms with E-state index < -0.39 is 5.97 Å². The van der Waals surface area contributed by atoms with E-state index in [2.05, 4.69) is 4.99 Å². The molecule has 2 aliphatic heterocycles. The summed E-state index contributed by atoms with van der Waals surface area (Å²) >= 11 is 1.53. The van der Waals surface area contributed by atoms with Crippen LogP contribution in [-0.2, 0) is 9.53 Å². The SMILES string of the molecule is COc1ccc2c(c1)/C(=C1\N=C(c3ccc(F)cc3)OC1=O)C=C(c1cccs1)O2. The summed E-state index contributed by atoms with van der Waals surface area (Å²) < 4.78 is 30.0. The topological polar surface area (TPSA) is 57.1 Å². The lowest BCUT2D eigenvalue weighted by atomic mass is 9.98. The first-order chi connectivity index (χ1) is 14.6. The number of benzene rings is 2. The van der Waals surface area contributed by atoms with Crippen LogP contribution in [0.4, 0.5) is 4.39 Å². The molecule has 2 aliphatic rings. The molecule has 5 nitrogen and oxygen atoms in total. The second-order valence-electron chi connectivity index (χ2n) is 6.53. The number of carbonyl (C=O) groups excluding carboxylic acids is 1. The molecule has 30 heavy (non-hydrogen) atoms. The van der Waals surface area contributed by atoms with E-state index in [0.717, 1.165) is 4.88 Å². The Morgan fingerprint density at radius 3 is 2.63 bits per heavy atom. The third kappa shape index (κ3) is 3.19. The molecule has 0 fully saturated rings. The number of allylic oxidation sites excluding steroid dienone is 2. The summed E-state index contributed by atoms with van der Waals surface area (Å²) in [6.45, 7) is 0. The highest BCUT2D eigenvalue weighted by Crippen LogP contribution is 2.42. The molecule has 0 unspecified atom stereocenters. The molecule has 5 rings (SSSR count). The van der Waals surface area contributed by atoms with Gasteiger partial charge in [0.15, 0.2) is 5.70 Å². The molecule has 3 aromatic rings. The van der Waals surface area contributed by atoms with E-state index >= 15 is 0 Å². The van der Waals surface area contributed by atoms with Gasteiger partial charge in [0.1, 0.15) is 23.1 Å². The molecule has 0 atom stereocenters. The largest absolute Gasteiger partial charge is 0.497 e. The maximum atomic E-state index is 13.2. The second kappa shape index (κ2) is 7.27. The first kappa shape index (κ1) is 18.3. The predicted molar refractivity (Wildman–Crippen MR) is 112 cm³/mol. The number of thiophene rings is 1. The van der Waals surface area contributed by atoms with Crippen LogP contribution in [0.1, 0.15) is 16.0 Å². The summed E-state index contributed by atoms with van der Waals surface area (Å²) in [7, 11) is 1.57. The van der Waals surface area contributed by atoms with E-state index in [0.29, 0.717) is 34.0 Å². The van der Waals surface area contributed by atoms with Crippen molar-refractivity contribution in [2.45, 2.75) is 0 Å². The lowest BCUT2D eigenvalue weighted by molar-refractivity contribution is -0.129. The zero-order valence-corrected chi connectivity index (χ0v) is 16.5. The summed E-state index contributed by atoms with van der Waals surface area (Å²) in [4.78, 5) is 18.1. The number of esters is 1. The molecule has 3 heterocycles. The van der Waals surface area contributed by atoms with Crippen LogP contribution in [0.25, 0.3) is 11.3 Å². The van der Waals surface area contributed by atoms with Gasteiger partial charge in [-0.15, -0.1) is 11.3 Å². The molecule has 0 spiro atoms. The number of carbonyl (C=O) groups is 1. The van der Waals surface area contributed by atoms with Gasteiger partial charge in [-0.1, -0.05) is 6.07 Å². The van der Waals surface area contributed by atoms with Crippen molar-refractivity contribution in [2.24, 2.45) is 4.99 Å². The van der Waals surface area contributed by atoms with Gasteiger partial charge in [-0.05, 0) is 60.0 Å². The molecular formula is C23H14FNO4S. The summed E-state index contributed by atoms with van der Waals surface area (Å²) in [5.41, 5.74) is 1.91. The molecule has 148 valence electrons. The number of rotatable bonds is 3. The Bertz CT molecular complexity index is 1240. The number of hydrogen-bond acceptors (Lipinski definition) is 6. The Labute approximate surface area is 175 Å². The van der Waals surface area contributed by atoms with Gasteiger partial charge in [0.2, 0.25) is 5.90 Å². The molecule has 1 aromatic heterocycles. The molecule has 0 bridgehead atoms. The molecular weight excluding hydrogens is 405 g/mol. The van der Waals surface area contributed by atoms with Crippen LogP contribution < -0.4 is 9.47 Å². The number of fused-ring (bicyclic) bond motifs is 1. The smallest absolute Gasteiger partial charge is 0.364 e. The number of aliphatic imine (C=N–C) groups is 1. The quantitative estimate of drug-likeness (QED) is 0.441. The van der Waals surface area contributed by atoms with Crippen molar-refractivity contribution in [3.8, 4) is 11.5 Å². The van der Waals surface area contributed by atoms with E-state index in [-0.39, 0.29) is 17.4 Å². The fourth-order valence-electron chi connectivity index (χ4n) is 3.22. The van der Waals surface area contributed by atoms with E-state index in [1.165, 1.54) is 35.6 Å². The van der Waals surface area contributed by atoms with Crippen molar-refractivity contribution < 1.29 is 23.4 Å². The van der Waals surface area contributed by atoms with Crippen LogP contribution in [0.3, 0.4) is 0 Å². The third-order valence-electron chi connectivity index (χ3n) is 4.68. The fourth-order valence-corrected chi connectivity index (χ4v) is 3.90. The van der Waals surface area contributed by atoms with Crippen LogP contribution >= 0.6 is 11.3 Å². The number of cyclic esters (lactones) is 1. The van der Waals surface area contributed by atoms with Crippen molar-refractivity contribution in [1.29, 1.82) is 0 Å². The minimum Gasteiger partial charge on any atom is -0.497 e. The van der Waals surface area contributed by atoms with Crippen molar-refractivity contribution in [3.05, 3.63) is 93.6 Å². The fraction of sp³-hybridized carbons (Fsp3) is 0.0435. The normalized spacial score (nSPS) is 17.6. The van der Waals surface area contributed by atoms with Crippen molar-refractivity contribution >= 4 is 34.5 Å². The molecule has 0 saturated carbocycles. The second-order valence-corrected chi connectivity index (χ2v) is 7.47. The molecule has 2 aromatic carbocycles. The molecule has 0 N–H and O–H groups in total. The van der Waals surface area contributed by atoms with Gasteiger partial charge in [-0.25, -0.2) is 14.2 Å². The van der Waals surface area contributed by atoms with Crippen LogP contribution in [0, 0.1) is 5.82 Å². The highest BCUT2D eigenvalue weighted by atomic mass is 32.1. The zero-order chi connectivity index (χ0) is 20.7. The van der Waals surface area contributed by atoms with Crippen LogP contribution in [-0.4, -0.2) is 19.0 Å². The van der Waals surface area contributed by atoms with Crippen molar-refractivity contribution in [1.82, 2.24) is 0 Å². The predicted octanol–water partition coefficient (Wildman–Crippen LogP) is 5.04. The van der Waals surface area contributed by atoms with E-state index in [1.807, 2.05) is 17.5 Å². The van der Waals surface area contributed by atoms with Gasteiger partial charge in [0.05, 0.1) is 12.0 Å². The van der Waals surface area contributed by atoms with Crippen molar-refractivity contribution in [3.63, 3.8) is 0 Å². The van der Waals surface area contributed by atoms with Crippen LogP contribution in [0.2, 0.25) is 0 Å². The number of halogens is 1. The third-order valence-corrected chi connectivity index (χ3v) is 5.56. The highest BCUT2D eigenvalue weighted by molar-refractivity contribution is 7.11. The Kier molecular flexibility index (Phi) is 4.44. The monoisotopic (exact) mass is 419 g/mol. The Morgan fingerprint density at radius 2 is 1.90 bits per heavy atom. The van der Waals surface area contributed by atoms with Crippen LogP contribution in [0.5, 0.6) is 11.5 Å². The Balaban J connectivity index is 1.69. The number of methoxy groups -OCH3 is 1. The van der Waals surface area contributed by atoms with Crippen molar-refractivity contribution in [2.75, 3.05) is 7.11 Å².